The van der Waals surface area contributed by atoms with E-state index in [-0.39, 0.29) is 24.1 Å². The topological polar surface area (TPSA) is 61.8 Å². The lowest BCUT2D eigenvalue weighted by Crippen LogP contribution is -2.31. The normalized spacial score (nSPS) is 10.5. The predicted octanol–water partition coefficient (Wildman–Crippen LogP) is 3.98. The quantitative estimate of drug-likeness (QED) is 0.870. The molecule has 0 aliphatic heterocycles. The molecular formula is C18H21FN2O3. The molecule has 2 N–H and O–H groups in total. The van der Waals surface area contributed by atoms with Gasteiger partial charge >= 0.3 is 6.03 Å². The van der Waals surface area contributed by atoms with Crippen LogP contribution >= 0.6 is 0 Å². The fourth-order valence-corrected chi connectivity index (χ4v) is 2.13. The van der Waals surface area contributed by atoms with Crippen LogP contribution in [0.5, 0.6) is 11.5 Å². The van der Waals surface area contributed by atoms with E-state index in [1.54, 1.807) is 37.4 Å². The number of hydrogen-bond acceptors (Lipinski definition) is 3. The Kier molecular flexibility index (Phi) is 5.63. The molecule has 128 valence electrons. The second-order valence-electron chi connectivity index (χ2n) is 5.72. The van der Waals surface area contributed by atoms with Gasteiger partial charge in [0.25, 0.3) is 0 Å². The van der Waals surface area contributed by atoms with Crippen molar-refractivity contribution in [1.29, 1.82) is 0 Å². The van der Waals surface area contributed by atoms with Crippen LogP contribution in [-0.4, -0.2) is 29.2 Å². The average Bonchev–Trinajstić information content (AvgIpc) is 2.51. The lowest BCUT2D eigenvalue weighted by Gasteiger charge is -2.19. The maximum Gasteiger partial charge on any atom is 0.321 e. The number of hydrogen-bond donors (Lipinski definition) is 2. The number of nitrogens with one attached hydrogen (secondary N) is 1. The van der Waals surface area contributed by atoms with Gasteiger partial charge < -0.3 is 20.1 Å². The molecule has 0 aliphatic carbocycles. The number of urea groups is 1. The second-order valence-corrected chi connectivity index (χ2v) is 5.72. The highest BCUT2D eigenvalue weighted by atomic mass is 19.1. The van der Waals surface area contributed by atoms with E-state index in [0.29, 0.717) is 11.3 Å². The zero-order valence-corrected chi connectivity index (χ0v) is 13.9. The highest BCUT2D eigenvalue weighted by Crippen LogP contribution is 2.22. The molecule has 0 fully saturated rings. The van der Waals surface area contributed by atoms with Crippen LogP contribution in [0.3, 0.4) is 0 Å². The first-order valence-electron chi connectivity index (χ1n) is 7.62. The number of phenols is 1. The monoisotopic (exact) mass is 332 g/mol. The van der Waals surface area contributed by atoms with Gasteiger partial charge in [-0.2, -0.15) is 0 Å². The highest BCUT2D eigenvalue weighted by Gasteiger charge is 2.14. The van der Waals surface area contributed by atoms with Gasteiger partial charge in [0.2, 0.25) is 0 Å². The Morgan fingerprint density at radius 2 is 2.00 bits per heavy atom. The maximum atomic E-state index is 14.1. The largest absolute Gasteiger partial charge is 0.508 e. The average molecular weight is 332 g/mol. The first-order valence-corrected chi connectivity index (χ1v) is 7.62. The van der Waals surface area contributed by atoms with Crippen molar-refractivity contribution >= 4 is 11.7 Å². The van der Waals surface area contributed by atoms with Crippen molar-refractivity contribution < 1.29 is 19.0 Å². The van der Waals surface area contributed by atoms with Gasteiger partial charge in [0.15, 0.2) is 0 Å². The number of carbonyl (C=O) groups excluding carboxylic acids is 1. The van der Waals surface area contributed by atoms with Crippen molar-refractivity contribution in [2.45, 2.75) is 26.5 Å². The van der Waals surface area contributed by atoms with Gasteiger partial charge in [-0.05, 0) is 32.0 Å². The molecule has 0 unspecified atom stereocenters. The number of anilines is 1. The lowest BCUT2D eigenvalue weighted by molar-refractivity contribution is 0.220. The summed E-state index contributed by atoms with van der Waals surface area (Å²) in [4.78, 5) is 13.5. The van der Waals surface area contributed by atoms with E-state index in [9.17, 15) is 14.3 Å². The van der Waals surface area contributed by atoms with Crippen LogP contribution in [0.2, 0.25) is 0 Å². The molecule has 0 saturated carbocycles. The number of ether oxygens (including phenoxy) is 1. The Morgan fingerprint density at radius 3 is 2.62 bits per heavy atom. The van der Waals surface area contributed by atoms with Crippen molar-refractivity contribution in [3.63, 3.8) is 0 Å². The summed E-state index contributed by atoms with van der Waals surface area (Å²) in [5.74, 6) is -0.0564. The van der Waals surface area contributed by atoms with E-state index in [2.05, 4.69) is 5.32 Å². The maximum absolute atomic E-state index is 14.1. The minimum atomic E-state index is -0.572. The molecule has 0 radical (unpaired) electrons. The Labute approximate surface area is 140 Å². The number of para-hydroxylation sites is 1. The Hall–Kier alpha value is -2.76. The molecule has 0 atom stereocenters. The molecular weight excluding hydrogens is 311 g/mol. The second kappa shape index (κ2) is 7.68. The summed E-state index contributed by atoms with van der Waals surface area (Å²) in [6.07, 6.45) is -0.0606. The zero-order valence-electron chi connectivity index (χ0n) is 13.9. The predicted molar refractivity (Wildman–Crippen MR) is 90.8 cm³/mol. The number of carbonyl (C=O) groups is 1. The fraction of sp³-hybridized carbons (Fsp3) is 0.278. The minimum absolute atomic E-state index is 0.0606. The van der Waals surface area contributed by atoms with E-state index in [0.717, 1.165) is 0 Å². The fourth-order valence-electron chi connectivity index (χ4n) is 2.13. The molecule has 5 nitrogen and oxygen atoms in total. The SMILES string of the molecule is CC(C)Oc1ccc(NC(=O)N(C)Cc2ccccc2O)c(F)c1. The van der Waals surface area contributed by atoms with Gasteiger partial charge in [-0.3, -0.25) is 0 Å². The van der Waals surface area contributed by atoms with Crippen molar-refractivity contribution in [3.8, 4) is 11.5 Å². The molecule has 2 aromatic rings. The van der Waals surface area contributed by atoms with Crippen molar-refractivity contribution in [3.05, 3.63) is 53.8 Å². The summed E-state index contributed by atoms with van der Waals surface area (Å²) >= 11 is 0. The number of aromatic hydroxyl groups is 1. The van der Waals surface area contributed by atoms with E-state index >= 15 is 0 Å². The van der Waals surface area contributed by atoms with Gasteiger partial charge in [-0.25, -0.2) is 9.18 Å². The molecule has 0 aromatic heterocycles. The van der Waals surface area contributed by atoms with Gasteiger partial charge in [0, 0.05) is 18.7 Å². The molecule has 6 heteroatoms. The number of benzene rings is 2. The smallest absolute Gasteiger partial charge is 0.321 e. The van der Waals surface area contributed by atoms with E-state index < -0.39 is 11.8 Å². The van der Waals surface area contributed by atoms with Gasteiger partial charge in [-0.15, -0.1) is 0 Å². The van der Waals surface area contributed by atoms with Crippen LogP contribution < -0.4 is 10.1 Å². The van der Waals surface area contributed by atoms with E-state index in [1.807, 2.05) is 13.8 Å². The number of rotatable bonds is 5. The van der Waals surface area contributed by atoms with E-state index in [4.69, 9.17) is 4.74 Å². The van der Waals surface area contributed by atoms with Crippen LogP contribution in [0.15, 0.2) is 42.5 Å². The number of phenolic OH excluding ortho intramolecular Hbond substituents is 1. The molecule has 24 heavy (non-hydrogen) atoms. The van der Waals surface area contributed by atoms with Crippen molar-refractivity contribution in [1.82, 2.24) is 4.90 Å². The number of amides is 2. The lowest BCUT2D eigenvalue weighted by atomic mass is 10.2. The van der Waals surface area contributed by atoms with Gasteiger partial charge in [0.05, 0.1) is 18.3 Å². The summed E-state index contributed by atoms with van der Waals surface area (Å²) in [6.45, 7) is 3.90. The summed E-state index contributed by atoms with van der Waals surface area (Å²) in [5.41, 5.74) is 0.677. The first kappa shape index (κ1) is 17.6. The molecule has 0 spiro atoms. The van der Waals surface area contributed by atoms with Crippen LogP contribution in [0.25, 0.3) is 0 Å². The summed E-state index contributed by atoms with van der Waals surface area (Å²) < 4.78 is 19.5. The molecule has 0 bridgehead atoms. The molecule has 0 saturated heterocycles. The van der Waals surface area contributed by atoms with E-state index in [1.165, 1.54) is 17.0 Å². The van der Waals surface area contributed by atoms with Crippen LogP contribution in [0.4, 0.5) is 14.9 Å². The number of nitrogens with zero attached hydrogens (tertiary/aromatic N) is 1. The standard InChI is InChI=1S/C18H21FN2O3/c1-12(2)24-14-8-9-16(15(19)10-14)20-18(23)21(3)11-13-6-4-5-7-17(13)22/h4-10,12,22H,11H2,1-3H3,(H,20,23). The summed E-state index contributed by atoms with van der Waals surface area (Å²) in [7, 11) is 1.57. The third-order valence-electron chi connectivity index (χ3n) is 3.30. The molecule has 2 aromatic carbocycles. The van der Waals surface area contributed by atoms with Crippen LogP contribution in [-0.2, 0) is 6.54 Å². The first-order chi connectivity index (χ1) is 11.4. The molecule has 0 aliphatic rings. The van der Waals surface area contributed by atoms with Gasteiger partial charge in [-0.1, -0.05) is 18.2 Å². The Bertz CT molecular complexity index is 719. The molecule has 0 heterocycles. The minimum Gasteiger partial charge on any atom is -0.508 e. The highest BCUT2D eigenvalue weighted by molar-refractivity contribution is 5.89. The van der Waals surface area contributed by atoms with Crippen molar-refractivity contribution in [2.24, 2.45) is 0 Å². The molecule has 2 amide bonds. The third-order valence-corrected chi connectivity index (χ3v) is 3.30. The zero-order chi connectivity index (χ0) is 17.7. The van der Waals surface area contributed by atoms with Crippen molar-refractivity contribution in [2.75, 3.05) is 12.4 Å². The Morgan fingerprint density at radius 1 is 1.29 bits per heavy atom. The Balaban J connectivity index is 2.02. The van der Waals surface area contributed by atoms with Crippen LogP contribution in [0, 0.1) is 5.82 Å². The number of halogens is 1. The third kappa shape index (κ3) is 4.62. The summed E-state index contributed by atoms with van der Waals surface area (Å²) in [5, 5.41) is 12.3. The summed E-state index contributed by atoms with van der Waals surface area (Å²) in [6, 6.07) is 10.6. The molecule has 2 rings (SSSR count). The van der Waals surface area contributed by atoms with Gasteiger partial charge in [0.1, 0.15) is 17.3 Å². The van der Waals surface area contributed by atoms with Crippen LogP contribution in [0.1, 0.15) is 19.4 Å².